The van der Waals surface area contributed by atoms with E-state index in [-0.39, 0.29) is 0 Å². The lowest BCUT2D eigenvalue weighted by Crippen LogP contribution is -2.18. The van der Waals surface area contributed by atoms with Gasteiger partial charge in [-0.2, -0.15) is 5.10 Å². The highest BCUT2D eigenvalue weighted by Gasteiger charge is 2.12. The van der Waals surface area contributed by atoms with Gasteiger partial charge in [-0.25, -0.2) is 5.43 Å². The van der Waals surface area contributed by atoms with Crippen LogP contribution in [0.1, 0.15) is 21.5 Å². The number of hydrazone groups is 1. The van der Waals surface area contributed by atoms with Gasteiger partial charge in [-0.15, -0.1) is 0 Å². The molecule has 6 nitrogen and oxygen atoms in total. The van der Waals surface area contributed by atoms with Crippen LogP contribution in [0.15, 0.2) is 71.8 Å². The minimum atomic E-state index is -0.400. The van der Waals surface area contributed by atoms with Crippen LogP contribution in [0.5, 0.6) is 17.2 Å². The minimum absolute atomic E-state index is 0.348. The van der Waals surface area contributed by atoms with Crippen molar-refractivity contribution in [2.45, 2.75) is 6.61 Å². The molecular weight excluding hydrogens is 404 g/mol. The number of ether oxygens (including phenoxy) is 3. The first-order valence-corrected chi connectivity index (χ1v) is 9.50. The number of nitrogens with zero attached hydrogens (tertiary/aromatic N) is 1. The lowest BCUT2D eigenvalue weighted by Gasteiger charge is -2.10. The van der Waals surface area contributed by atoms with Gasteiger partial charge in [0.25, 0.3) is 5.91 Å². The summed E-state index contributed by atoms with van der Waals surface area (Å²) in [7, 11) is 3.03. The van der Waals surface area contributed by atoms with Crippen LogP contribution in [-0.2, 0) is 6.61 Å². The van der Waals surface area contributed by atoms with E-state index in [0.717, 1.165) is 11.1 Å². The third kappa shape index (κ3) is 5.52. The van der Waals surface area contributed by atoms with E-state index >= 15 is 0 Å². The molecule has 0 aliphatic carbocycles. The first-order valence-electron chi connectivity index (χ1n) is 9.12. The van der Waals surface area contributed by atoms with Gasteiger partial charge in [0.1, 0.15) is 23.9 Å². The summed E-state index contributed by atoms with van der Waals surface area (Å²) in [5.41, 5.74) is 4.53. The number of hydrogen-bond acceptors (Lipinski definition) is 5. The van der Waals surface area contributed by atoms with E-state index in [1.165, 1.54) is 13.3 Å². The molecule has 0 bridgehead atoms. The maximum absolute atomic E-state index is 12.5. The molecule has 0 aliphatic heterocycles. The molecule has 1 N–H and O–H groups in total. The van der Waals surface area contributed by atoms with Gasteiger partial charge in [-0.05, 0) is 42.0 Å². The Kier molecular flexibility index (Phi) is 7.29. The highest BCUT2D eigenvalue weighted by molar-refractivity contribution is 6.30. The molecule has 1 amide bonds. The fourth-order valence-corrected chi connectivity index (χ4v) is 2.93. The molecule has 3 aromatic rings. The van der Waals surface area contributed by atoms with Crippen molar-refractivity contribution >= 4 is 23.7 Å². The molecule has 7 heteroatoms. The maximum atomic E-state index is 12.5. The van der Waals surface area contributed by atoms with Crippen molar-refractivity contribution < 1.29 is 19.0 Å². The van der Waals surface area contributed by atoms with Crippen molar-refractivity contribution in [3.8, 4) is 17.2 Å². The van der Waals surface area contributed by atoms with Crippen molar-refractivity contribution in [1.29, 1.82) is 0 Å². The standard InChI is InChI=1S/C23H21ClN2O4/c1-28-19-10-11-20(22(13-19)29-2)23(27)26-25-14-17-7-3-4-9-21(17)30-15-16-6-5-8-18(24)12-16/h3-14H,15H2,1-2H3,(H,26,27)/b25-14-. The Bertz CT molecular complexity index is 1050. The average molecular weight is 425 g/mol. The normalized spacial score (nSPS) is 10.6. The van der Waals surface area contributed by atoms with Crippen LogP contribution in [0.2, 0.25) is 5.02 Å². The zero-order valence-corrected chi connectivity index (χ0v) is 17.3. The molecule has 0 atom stereocenters. The number of carbonyl (C=O) groups excluding carboxylic acids is 1. The molecule has 0 unspecified atom stereocenters. The van der Waals surface area contributed by atoms with E-state index in [2.05, 4.69) is 10.5 Å². The van der Waals surface area contributed by atoms with Gasteiger partial charge in [-0.3, -0.25) is 4.79 Å². The SMILES string of the molecule is COc1ccc(C(=O)N/N=C\c2ccccc2OCc2cccc(Cl)c2)c(OC)c1. The second kappa shape index (κ2) is 10.3. The predicted octanol–water partition coefficient (Wildman–Crippen LogP) is 4.70. The zero-order chi connectivity index (χ0) is 21.3. The van der Waals surface area contributed by atoms with Gasteiger partial charge < -0.3 is 14.2 Å². The summed E-state index contributed by atoms with van der Waals surface area (Å²) in [6.45, 7) is 0.362. The van der Waals surface area contributed by atoms with Crippen molar-refractivity contribution in [2.75, 3.05) is 14.2 Å². The van der Waals surface area contributed by atoms with Crippen molar-refractivity contribution in [3.05, 3.63) is 88.4 Å². The molecule has 3 aromatic carbocycles. The Hall–Kier alpha value is -3.51. The third-order valence-electron chi connectivity index (χ3n) is 4.23. The van der Waals surface area contributed by atoms with Gasteiger partial charge in [0.2, 0.25) is 0 Å². The number of nitrogens with one attached hydrogen (secondary N) is 1. The number of rotatable bonds is 8. The Labute approximate surface area is 180 Å². The fraction of sp³-hybridized carbons (Fsp3) is 0.130. The molecule has 0 heterocycles. The largest absolute Gasteiger partial charge is 0.497 e. The molecule has 3 rings (SSSR count). The quantitative estimate of drug-likeness (QED) is 0.420. The summed E-state index contributed by atoms with van der Waals surface area (Å²) in [5.74, 6) is 1.23. The minimum Gasteiger partial charge on any atom is -0.497 e. The Morgan fingerprint density at radius 2 is 1.83 bits per heavy atom. The van der Waals surface area contributed by atoms with E-state index in [4.69, 9.17) is 25.8 Å². The first-order chi connectivity index (χ1) is 14.6. The van der Waals surface area contributed by atoms with Gasteiger partial charge in [0.15, 0.2) is 0 Å². The van der Waals surface area contributed by atoms with E-state index in [1.54, 1.807) is 25.3 Å². The van der Waals surface area contributed by atoms with E-state index in [1.807, 2.05) is 48.5 Å². The number of methoxy groups -OCH3 is 2. The molecule has 0 aromatic heterocycles. The summed E-state index contributed by atoms with van der Waals surface area (Å²) in [6, 6.07) is 19.8. The Balaban J connectivity index is 1.67. The summed E-state index contributed by atoms with van der Waals surface area (Å²) < 4.78 is 16.3. The van der Waals surface area contributed by atoms with Crippen LogP contribution in [0.4, 0.5) is 0 Å². The van der Waals surface area contributed by atoms with Crippen LogP contribution in [0.25, 0.3) is 0 Å². The van der Waals surface area contributed by atoms with Crippen molar-refractivity contribution in [3.63, 3.8) is 0 Å². The topological polar surface area (TPSA) is 69.2 Å². The zero-order valence-electron chi connectivity index (χ0n) is 16.6. The van der Waals surface area contributed by atoms with Crippen LogP contribution in [0, 0.1) is 0 Å². The maximum Gasteiger partial charge on any atom is 0.275 e. The Morgan fingerprint density at radius 1 is 1.00 bits per heavy atom. The molecule has 30 heavy (non-hydrogen) atoms. The van der Waals surface area contributed by atoms with Crippen LogP contribution in [-0.4, -0.2) is 26.3 Å². The molecule has 0 fully saturated rings. The van der Waals surface area contributed by atoms with Crippen molar-refractivity contribution in [2.24, 2.45) is 5.10 Å². The van der Waals surface area contributed by atoms with Gasteiger partial charge in [-0.1, -0.05) is 35.9 Å². The first kappa shape index (κ1) is 21.2. The molecular formula is C23H21ClN2O4. The lowest BCUT2D eigenvalue weighted by atomic mass is 10.2. The van der Waals surface area contributed by atoms with Gasteiger partial charge in [0, 0.05) is 16.7 Å². The molecule has 0 saturated heterocycles. The van der Waals surface area contributed by atoms with Crippen LogP contribution in [0.3, 0.4) is 0 Å². The second-order valence-electron chi connectivity index (χ2n) is 6.22. The summed E-state index contributed by atoms with van der Waals surface area (Å²) in [4.78, 5) is 12.5. The summed E-state index contributed by atoms with van der Waals surface area (Å²) >= 11 is 6.01. The highest BCUT2D eigenvalue weighted by atomic mass is 35.5. The predicted molar refractivity (Wildman–Crippen MR) is 117 cm³/mol. The highest BCUT2D eigenvalue weighted by Crippen LogP contribution is 2.24. The third-order valence-corrected chi connectivity index (χ3v) is 4.46. The Morgan fingerprint density at radius 3 is 2.60 bits per heavy atom. The molecule has 0 saturated carbocycles. The van der Waals surface area contributed by atoms with Crippen LogP contribution >= 0.6 is 11.6 Å². The molecule has 0 spiro atoms. The number of para-hydroxylation sites is 1. The van der Waals surface area contributed by atoms with E-state index < -0.39 is 5.91 Å². The molecule has 154 valence electrons. The summed E-state index contributed by atoms with van der Waals surface area (Å²) in [6.07, 6.45) is 1.53. The van der Waals surface area contributed by atoms with E-state index in [0.29, 0.717) is 34.4 Å². The molecule has 0 radical (unpaired) electrons. The number of benzene rings is 3. The number of amides is 1. The smallest absolute Gasteiger partial charge is 0.275 e. The monoisotopic (exact) mass is 424 g/mol. The average Bonchev–Trinajstić information content (AvgIpc) is 2.78. The molecule has 0 aliphatic rings. The fourth-order valence-electron chi connectivity index (χ4n) is 2.71. The van der Waals surface area contributed by atoms with Gasteiger partial charge >= 0.3 is 0 Å². The van der Waals surface area contributed by atoms with Gasteiger partial charge in [0.05, 0.1) is 26.0 Å². The summed E-state index contributed by atoms with van der Waals surface area (Å²) in [5, 5.41) is 4.71. The van der Waals surface area contributed by atoms with Crippen LogP contribution < -0.4 is 19.6 Å². The number of carbonyl (C=O) groups is 1. The number of halogens is 1. The number of hydrogen-bond donors (Lipinski definition) is 1. The lowest BCUT2D eigenvalue weighted by molar-refractivity contribution is 0.0952. The second-order valence-corrected chi connectivity index (χ2v) is 6.66. The van der Waals surface area contributed by atoms with Crippen molar-refractivity contribution in [1.82, 2.24) is 5.43 Å². The van der Waals surface area contributed by atoms with E-state index in [9.17, 15) is 4.79 Å².